The summed E-state index contributed by atoms with van der Waals surface area (Å²) < 4.78 is 0. The van der Waals surface area contributed by atoms with Gasteiger partial charge in [-0.1, -0.05) is 32.9 Å². The first-order valence-corrected chi connectivity index (χ1v) is 6.09. The largest absolute Gasteiger partial charge is 0.508 e. The van der Waals surface area contributed by atoms with E-state index in [2.05, 4.69) is 26.1 Å². The zero-order valence-corrected chi connectivity index (χ0v) is 11.0. The van der Waals surface area contributed by atoms with E-state index in [9.17, 15) is 5.11 Å². The molecule has 0 bridgehead atoms. The summed E-state index contributed by atoms with van der Waals surface area (Å²) in [4.78, 5) is 0. The molecule has 0 aliphatic heterocycles. The molecule has 0 saturated carbocycles. The molecule has 0 saturated heterocycles. The van der Waals surface area contributed by atoms with E-state index in [1.54, 1.807) is 6.07 Å². The van der Waals surface area contributed by atoms with E-state index in [4.69, 9.17) is 5.11 Å². The van der Waals surface area contributed by atoms with Crippen LogP contribution in [0, 0.1) is 0 Å². The highest BCUT2D eigenvalue weighted by Crippen LogP contribution is 2.31. The van der Waals surface area contributed by atoms with Crippen LogP contribution in [0.3, 0.4) is 0 Å². The summed E-state index contributed by atoms with van der Waals surface area (Å²) in [6, 6.07) is 5.72. The summed E-state index contributed by atoms with van der Waals surface area (Å²) in [7, 11) is 0. The fourth-order valence-corrected chi connectivity index (χ4v) is 1.73. The van der Waals surface area contributed by atoms with Crippen molar-refractivity contribution in [3.8, 4) is 5.75 Å². The summed E-state index contributed by atoms with van der Waals surface area (Å²) in [5, 5.41) is 21.8. The maximum atomic E-state index is 9.83. The van der Waals surface area contributed by atoms with Crippen molar-refractivity contribution < 1.29 is 10.2 Å². The van der Waals surface area contributed by atoms with Gasteiger partial charge in [-0.15, -0.1) is 0 Å². The number of aliphatic hydroxyl groups is 1. The van der Waals surface area contributed by atoms with Crippen molar-refractivity contribution in [2.45, 2.75) is 39.2 Å². The molecule has 0 atom stereocenters. The first kappa shape index (κ1) is 14.0. The van der Waals surface area contributed by atoms with Gasteiger partial charge in [-0.05, 0) is 35.6 Å². The highest BCUT2D eigenvalue weighted by atomic mass is 16.3. The molecule has 0 aliphatic carbocycles. The second kappa shape index (κ2) is 6.03. The Kier molecular flexibility index (Phi) is 4.97. The molecule has 96 valence electrons. The summed E-state index contributed by atoms with van der Waals surface area (Å²) >= 11 is 0. The third-order valence-corrected chi connectivity index (χ3v) is 2.71. The molecule has 0 unspecified atom stereocenters. The average Bonchev–Trinajstić information content (AvgIpc) is 2.25. The smallest absolute Gasteiger partial charge is 0.119 e. The second-order valence-electron chi connectivity index (χ2n) is 5.36. The van der Waals surface area contributed by atoms with Crippen molar-refractivity contribution in [2.75, 3.05) is 13.2 Å². The highest BCUT2D eigenvalue weighted by Gasteiger charge is 2.18. The Labute approximate surface area is 103 Å². The number of hydrogen-bond donors (Lipinski definition) is 3. The van der Waals surface area contributed by atoms with Crippen LogP contribution in [0.4, 0.5) is 0 Å². The predicted molar refractivity (Wildman–Crippen MR) is 70.2 cm³/mol. The second-order valence-corrected chi connectivity index (χ2v) is 5.36. The zero-order valence-electron chi connectivity index (χ0n) is 11.0. The quantitative estimate of drug-likeness (QED) is 0.688. The number of phenolic OH excluding ortho intramolecular Hbond substituents is 1. The van der Waals surface area contributed by atoms with Crippen LogP contribution in [-0.4, -0.2) is 23.4 Å². The summed E-state index contributed by atoms with van der Waals surface area (Å²) in [6.07, 6.45) is 0.768. The van der Waals surface area contributed by atoms with Crippen LogP contribution >= 0.6 is 0 Å². The Hall–Kier alpha value is -1.06. The molecule has 0 spiro atoms. The highest BCUT2D eigenvalue weighted by molar-refractivity contribution is 5.40. The van der Waals surface area contributed by atoms with Gasteiger partial charge in [-0.2, -0.15) is 0 Å². The summed E-state index contributed by atoms with van der Waals surface area (Å²) in [6.45, 7) is 8.06. The van der Waals surface area contributed by atoms with Crippen LogP contribution in [0.15, 0.2) is 18.2 Å². The van der Waals surface area contributed by atoms with Crippen LogP contribution in [0.25, 0.3) is 0 Å². The standard InChI is InChI=1S/C14H23NO2/c1-14(2,3)12-9-11(5-6-13(12)17)10-15-7-4-8-16/h5-6,9,15-17H,4,7-8,10H2,1-3H3. The number of phenols is 1. The van der Waals surface area contributed by atoms with Gasteiger partial charge in [-0.25, -0.2) is 0 Å². The molecule has 3 nitrogen and oxygen atoms in total. The van der Waals surface area contributed by atoms with Gasteiger partial charge in [0.1, 0.15) is 5.75 Å². The van der Waals surface area contributed by atoms with Gasteiger partial charge < -0.3 is 15.5 Å². The van der Waals surface area contributed by atoms with E-state index in [0.29, 0.717) is 5.75 Å². The number of rotatable bonds is 5. The Balaban J connectivity index is 2.69. The number of hydrogen-bond acceptors (Lipinski definition) is 3. The molecular formula is C14H23NO2. The third kappa shape index (κ3) is 4.36. The Morgan fingerprint density at radius 2 is 1.94 bits per heavy atom. The van der Waals surface area contributed by atoms with E-state index in [-0.39, 0.29) is 12.0 Å². The van der Waals surface area contributed by atoms with E-state index in [1.165, 1.54) is 0 Å². The van der Waals surface area contributed by atoms with E-state index in [0.717, 1.165) is 30.6 Å². The molecule has 0 amide bonds. The number of nitrogens with one attached hydrogen (secondary N) is 1. The third-order valence-electron chi connectivity index (χ3n) is 2.71. The number of benzene rings is 1. The van der Waals surface area contributed by atoms with Gasteiger partial charge in [-0.3, -0.25) is 0 Å². The fraction of sp³-hybridized carbons (Fsp3) is 0.571. The van der Waals surface area contributed by atoms with E-state index >= 15 is 0 Å². The lowest BCUT2D eigenvalue weighted by Crippen LogP contribution is -2.17. The SMILES string of the molecule is CC(C)(C)c1cc(CNCCCO)ccc1O. The molecule has 1 aromatic rings. The molecule has 1 aromatic carbocycles. The minimum Gasteiger partial charge on any atom is -0.508 e. The van der Waals surface area contributed by atoms with Crippen molar-refractivity contribution in [2.24, 2.45) is 0 Å². The van der Waals surface area contributed by atoms with Crippen LogP contribution < -0.4 is 5.32 Å². The van der Waals surface area contributed by atoms with E-state index < -0.39 is 0 Å². The molecule has 1 rings (SSSR count). The maximum Gasteiger partial charge on any atom is 0.119 e. The normalized spacial score (nSPS) is 11.8. The molecular weight excluding hydrogens is 214 g/mol. The lowest BCUT2D eigenvalue weighted by atomic mass is 9.85. The molecule has 0 radical (unpaired) electrons. The van der Waals surface area contributed by atoms with Gasteiger partial charge in [0.2, 0.25) is 0 Å². The average molecular weight is 237 g/mol. The van der Waals surface area contributed by atoms with Crippen molar-refractivity contribution in [3.05, 3.63) is 29.3 Å². The summed E-state index contributed by atoms with van der Waals surface area (Å²) in [5.74, 6) is 0.358. The zero-order chi connectivity index (χ0) is 12.9. The Morgan fingerprint density at radius 1 is 1.24 bits per heavy atom. The Bertz CT molecular complexity index is 356. The first-order valence-electron chi connectivity index (χ1n) is 6.09. The van der Waals surface area contributed by atoms with Crippen molar-refractivity contribution >= 4 is 0 Å². The van der Waals surface area contributed by atoms with Crippen molar-refractivity contribution in [3.63, 3.8) is 0 Å². The van der Waals surface area contributed by atoms with Crippen molar-refractivity contribution in [1.29, 1.82) is 0 Å². The number of aromatic hydroxyl groups is 1. The maximum absolute atomic E-state index is 9.83. The lowest BCUT2D eigenvalue weighted by molar-refractivity contribution is 0.286. The molecule has 3 heteroatoms. The summed E-state index contributed by atoms with van der Waals surface area (Å²) in [5.41, 5.74) is 2.08. The monoisotopic (exact) mass is 237 g/mol. The van der Waals surface area contributed by atoms with Gasteiger partial charge in [0.15, 0.2) is 0 Å². The molecule has 17 heavy (non-hydrogen) atoms. The van der Waals surface area contributed by atoms with Gasteiger partial charge in [0, 0.05) is 13.2 Å². The predicted octanol–water partition coefficient (Wildman–Crippen LogP) is 2.16. The molecule has 0 aromatic heterocycles. The minimum atomic E-state index is -0.0504. The van der Waals surface area contributed by atoms with Crippen LogP contribution in [-0.2, 0) is 12.0 Å². The fourth-order valence-electron chi connectivity index (χ4n) is 1.73. The van der Waals surface area contributed by atoms with Crippen molar-refractivity contribution in [1.82, 2.24) is 5.32 Å². The Morgan fingerprint density at radius 3 is 2.53 bits per heavy atom. The van der Waals surface area contributed by atoms with E-state index in [1.807, 2.05) is 12.1 Å². The van der Waals surface area contributed by atoms with Gasteiger partial charge in [0.05, 0.1) is 0 Å². The van der Waals surface area contributed by atoms with Crippen LogP contribution in [0.2, 0.25) is 0 Å². The van der Waals surface area contributed by atoms with Gasteiger partial charge >= 0.3 is 0 Å². The van der Waals surface area contributed by atoms with Crippen LogP contribution in [0.5, 0.6) is 5.75 Å². The molecule has 3 N–H and O–H groups in total. The number of aliphatic hydroxyl groups excluding tert-OH is 1. The van der Waals surface area contributed by atoms with Gasteiger partial charge in [0.25, 0.3) is 0 Å². The lowest BCUT2D eigenvalue weighted by Gasteiger charge is -2.21. The first-order chi connectivity index (χ1) is 7.95. The topological polar surface area (TPSA) is 52.5 Å². The molecule has 0 fully saturated rings. The molecule has 0 aliphatic rings. The molecule has 0 heterocycles. The van der Waals surface area contributed by atoms with Crippen LogP contribution in [0.1, 0.15) is 38.3 Å². The minimum absolute atomic E-state index is 0.0504.